The molecule has 0 bridgehead atoms. The van der Waals surface area contributed by atoms with E-state index < -0.39 is 6.03 Å². The predicted molar refractivity (Wildman–Crippen MR) is 82.1 cm³/mol. The number of halogens is 1. The van der Waals surface area contributed by atoms with Gasteiger partial charge in [0.25, 0.3) is 0 Å². The first-order valence-corrected chi connectivity index (χ1v) is 6.80. The molecule has 0 aromatic rings. The summed E-state index contributed by atoms with van der Waals surface area (Å²) in [6.45, 7) is 8.97. The molecule has 3 amide bonds. The van der Waals surface area contributed by atoms with E-state index >= 15 is 0 Å². The highest BCUT2D eigenvalue weighted by Crippen LogP contribution is 2.08. The van der Waals surface area contributed by atoms with E-state index in [9.17, 15) is 9.59 Å². The molecule has 1 fully saturated rings. The predicted octanol–water partition coefficient (Wildman–Crippen LogP) is 0.494. The molecule has 0 aliphatic carbocycles. The Morgan fingerprint density at radius 3 is 2.80 bits per heavy atom. The van der Waals surface area contributed by atoms with Gasteiger partial charge in [-0.2, -0.15) is 0 Å². The number of rotatable bonds is 7. The van der Waals surface area contributed by atoms with Gasteiger partial charge < -0.3 is 10.6 Å². The Hall–Kier alpha value is -1.11. The normalized spacial score (nSPS) is 17.4. The Morgan fingerprint density at radius 1 is 1.50 bits per heavy atom. The first kappa shape index (κ1) is 18.9. The number of carbonyl (C=O) groups excluding carboxylic acids is 2. The minimum Gasteiger partial charge on any atom is -0.334 e. The van der Waals surface area contributed by atoms with Crippen LogP contribution in [0.2, 0.25) is 0 Å². The van der Waals surface area contributed by atoms with E-state index in [4.69, 9.17) is 0 Å². The van der Waals surface area contributed by atoms with Crippen LogP contribution < -0.4 is 16.0 Å². The molecule has 1 aliphatic rings. The fourth-order valence-electron chi connectivity index (χ4n) is 2.19. The van der Waals surface area contributed by atoms with Gasteiger partial charge in [-0.05, 0) is 25.9 Å². The number of hydrogen-bond acceptors (Lipinski definition) is 4. The molecule has 0 aromatic heterocycles. The summed E-state index contributed by atoms with van der Waals surface area (Å²) < 4.78 is 0. The summed E-state index contributed by atoms with van der Waals surface area (Å²) in [6.07, 6.45) is 3.61. The molecular formula is C13H25ClN4O2. The summed E-state index contributed by atoms with van der Waals surface area (Å²) in [4.78, 5) is 25.3. The van der Waals surface area contributed by atoms with Crippen molar-refractivity contribution in [1.82, 2.24) is 20.9 Å². The van der Waals surface area contributed by atoms with E-state index in [0.717, 1.165) is 32.5 Å². The number of imide groups is 1. The second-order valence-corrected chi connectivity index (χ2v) is 4.66. The molecule has 1 rings (SSSR count). The largest absolute Gasteiger partial charge is 0.334 e. The molecule has 1 saturated heterocycles. The minimum absolute atomic E-state index is 0. The van der Waals surface area contributed by atoms with Crippen molar-refractivity contribution in [2.45, 2.75) is 25.8 Å². The van der Waals surface area contributed by atoms with Crippen LogP contribution in [0.15, 0.2) is 12.7 Å². The lowest BCUT2D eigenvalue weighted by Gasteiger charge is -2.27. The molecule has 6 nitrogen and oxygen atoms in total. The van der Waals surface area contributed by atoms with Gasteiger partial charge in [0.1, 0.15) is 0 Å². The molecule has 7 heteroatoms. The van der Waals surface area contributed by atoms with E-state index in [-0.39, 0.29) is 24.9 Å². The summed E-state index contributed by atoms with van der Waals surface area (Å²) in [5, 5.41) is 8.14. The van der Waals surface area contributed by atoms with Crippen molar-refractivity contribution in [3.05, 3.63) is 12.7 Å². The Morgan fingerprint density at radius 2 is 2.25 bits per heavy atom. The number of amides is 3. The number of carbonyl (C=O) groups is 2. The van der Waals surface area contributed by atoms with Gasteiger partial charge in [0.15, 0.2) is 0 Å². The van der Waals surface area contributed by atoms with Crippen LogP contribution in [0.1, 0.15) is 19.8 Å². The second kappa shape index (κ2) is 10.7. The van der Waals surface area contributed by atoms with Crippen LogP contribution in [0, 0.1) is 0 Å². The van der Waals surface area contributed by atoms with Gasteiger partial charge in [-0.1, -0.05) is 13.0 Å². The van der Waals surface area contributed by atoms with Crippen LogP contribution in [-0.2, 0) is 4.79 Å². The zero-order valence-electron chi connectivity index (χ0n) is 12.0. The van der Waals surface area contributed by atoms with Crippen molar-refractivity contribution in [1.29, 1.82) is 0 Å². The Labute approximate surface area is 126 Å². The van der Waals surface area contributed by atoms with Gasteiger partial charge in [-0.25, -0.2) is 4.79 Å². The van der Waals surface area contributed by atoms with Crippen LogP contribution in [0.3, 0.4) is 0 Å². The Bertz CT molecular complexity index is 319. The van der Waals surface area contributed by atoms with E-state index in [2.05, 4.69) is 34.4 Å². The van der Waals surface area contributed by atoms with Gasteiger partial charge in [0, 0.05) is 19.1 Å². The first-order valence-electron chi connectivity index (χ1n) is 6.80. The lowest BCUT2D eigenvalue weighted by molar-refractivity contribution is -0.121. The van der Waals surface area contributed by atoms with Crippen LogP contribution >= 0.6 is 12.4 Å². The molecular weight excluding hydrogens is 280 g/mol. The van der Waals surface area contributed by atoms with Crippen molar-refractivity contribution in [3.63, 3.8) is 0 Å². The molecule has 1 atom stereocenters. The zero-order valence-corrected chi connectivity index (χ0v) is 12.8. The summed E-state index contributed by atoms with van der Waals surface area (Å²) in [5.74, 6) is -0.262. The lowest BCUT2D eigenvalue weighted by Crippen LogP contribution is -2.47. The molecule has 1 unspecified atom stereocenters. The van der Waals surface area contributed by atoms with Gasteiger partial charge in [0.2, 0.25) is 5.91 Å². The van der Waals surface area contributed by atoms with Gasteiger partial charge >= 0.3 is 6.03 Å². The molecule has 20 heavy (non-hydrogen) atoms. The first-order chi connectivity index (χ1) is 9.17. The van der Waals surface area contributed by atoms with E-state index in [1.807, 2.05) is 0 Å². The Balaban J connectivity index is 0.00000361. The van der Waals surface area contributed by atoms with Crippen molar-refractivity contribution in [2.24, 2.45) is 0 Å². The van der Waals surface area contributed by atoms with Crippen molar-refractivity contribution >= 4 is 24.3 Å². The Kier molecular flexibility index (Phi) is 10.1. The molecule has 1 heterocycles. The molecule has 0 spiro atoms. The summed E-state index contributed by atoms with van der Waals surface area (Å²) >= 11 is 0. The SMILES string of the molecule is C=CCNC(=O)NC(=O)CN(CCC)C1CCNC1.Cl. The van der Waals surface area contributed by atoms with Gasteiger partial charge in [0.05, 0.1) is 6.54 Å². The van der Waals surface area contributed by atoms with Crippen molar-refractivity contribution in [2.75, 3.05) is 32.7 Å². The maximum atomic E-state index is 11.8. The summed E-state index contributed by atoms with van der Waals surface area (Å²) in [6, 6.07) is -0.0761. The smallest absolute Gasteiger partial charge is 0.321 e. The highest BCUT2D eigenvalue weighted by atomic mass is 35.5. The average molecular weight is 305 g/mol. The van der Waals surface area contributed by atoms with E-state index in [1.54, 1.807) is 6.08 Å². The van der Waals surface area contributed by atoms with Crippen LogP contribution in [0.4, 0.5) is 4.79 Å². The van der Waals surface area contributed by atoms with Crippen LogP contribution in [-0.4, -0.2) is 55.6 Å². The van der Waals surface area contributed by atoms with E-state index in [0.29, 0.717) is 12.6 Å². The summed E-state index contributed by atoms with van der Waals surface area (Å²) in [7, 11) is 0. The third-order valence-electron chi connectivity index (χ3n) is 3.07. The minimum atomic E-state index is -0.467. The highest BCUT2D eigenvalue weighted by Gasteiger charge is 2.23. The molecule has 3 N–H and O–H groups in total. The van der Waals surface area contributed by atoms with Crippen LogP contribution in [0.25, 0.3) is 0 Å². The standard InChI is InChI=1S/C13H24N4O2.ClH/c1-3-6-15-13(19)16-12(18)10-17(8-4-2)11-5-7-14-9-11;/h3,11,14H,1,4-10H2,2H3,(H2,15,16,18,19);1H. The van der Waals surface area contributed by atoms with Crippen molar-refractivity contribution in [3.8, 4) is 0 Å². The highest BCUT2D eigenvalue weighted by molar-refractivity contribution is 5.95. The fraction of sp³-hybridized carbons (Fsp3) is 0.692. The fourth-order valence-corrected chi connectivity index (χ4v) is 2.19. The quantitative estimate of drug-likeness (QED) is 0.599. The zero-order chi connectivity index (χ0) is 14.1. The second-order valence-electron chi connectivity index (χ2n) is 4.66. The molecule has 116 valence electrons. The third-order valence-corrected chi connectivity index (χ3v) is 3.07. The molecule has 0 saturated carbocycles. The number of nitrogens with zero attached hydrogens (tertiary/aromatic N) is 1. The maximum absolute atomic E-state index is 11.8. The average Bonchev–Trinajstić information content (AvgIpc) is 2.89. The van der Waals surface area contributed by atoms with Crippen molar-refractivity contribution < 1.29 is 9.59 Å². The maximum Gasteiger partial charge on any atom is 0.321 e. The number of urea groups is 1. The number of nitrogens with one attached hydrogen (secondary N) is 3. The summed E-state index contributed by atoms with van der Waals surface area (Å²) in [5.41, 5.74) is 0. The van der Waals surface area contributed by atoms with Gasteiger partial charge in [-0.15, -0.1) is 19.0 Å². The number of hydrogen-bond donors (Lipinski definition) is 3. The lowest BCUT2D eigenvalue weighted by atomic mass is 10.2. The van der Waals surface area contributed by atoms with E-state index in [1.165, 1.54) is 0 Å². The van der Waals surface area contributed by atoms with Gasteiger partial charge in [-0.3, -0.25) is 15.0 Å². The monoisotopic (exact) mass is 304 g/mol. The topological polar surface area (TPSA) is 73.5 Å². The van der Waals surface area contributed by atoms with Crippen LogP contribution in [0.5, 0.6) is 0 Å². The molecule has 1 aliphatic heterocycles. The third kappa shape index (κ3) is 6.88. The molecule has 0 aromatic carbocycles. The molecule has 0 radical (unpaired) electrons.